The van der Waals surface area contributed by atoms with E-state index >= 15 is 0 Å². The fourth-order valence-corrected chi connectivity index (χ4v) is 4.30. The van der Waals surface area contributed by atoms with Gasteiger partial charge in [0, 0.05) is 50.9 Å². The van der Waals surface area contributed by atoms with Gasteiger partial charge in [-0.05, 0) is 17.7 Å². The molecule has 0 aliphatic carbocycles. The molecule has 1 aliphatic rings. The van der Waals surface area contributed by atoms with Crippen LogP contribution in [0.5, 0.6) is 0 Å². The van der Waals surface area contributed by atoms with Gasteiger partial charge < -0.3 is 14.8 Å². The summed E-state index contributed by atoms with van der Waals surface area (Å²) in [4.78, 5) is 23.9. The van der Waals surface area contributed by atoms with Gasteiger partial charge in [-0.2, -0.15) is 0 Å². The molecular formula is C20H24Cl2FN5OS. The number of piperazine rings is 1. The molecule has 162 valence electrons. The van der Waals surface area contributed by atoms with Crippen LogP contribution < -0.4 is 5.32 Å². The monoisotopic (exact) mass is 471 g/mol. The highest BCUT2D eigenvalue weighted by atomic mass is 35.5. The third-order valence-electron chi connectivity index (χ3n) is 4.92. The smallest absolute Gasteiger partial charge is 0.229 e. The zero-order chi connectivity index (χ0) is 19.5. The molecule has 1 saturated heterocycles. The number of aromatic nitrogens is 3. The average molecular weight is 472 g/mol. The summed E-state index contributed by atoms with van der Waals surface area (Å²) in [5.41, 5.74) is 1.79. The van der Waals surface area contributed by atoms with E-state index in [1.165, 1.54) is 23.5 Å². The van der Waals surface area contributed by atoms with Gasteiger partial charge in [0.2, 0.25) is 5.91 Å². The second-order valence-electron chi connectivity index (χ2n) is 6.92. The predicted octanol–water partition coefficient (Wildman–Crippen LogP) is 3.17. The fourth-order valence-electron chi connectivity index (χ4n) is 3.48. The van der Waals surface area contributed by atoms with Gasteiger partial charge in [0.1, 0.15) is 17.7 Å². The SMILES string of the molecule is Cl.Cl.Cn1ccnc1C1CNCCN1C(=O)Cc1csc(Cc2ccc(F)cc2)n1. The van der Waals surface area contributed by atoms with Gasteiger partial charge in [-0.3, -0.25) is 4.79 Å². The number of halogens is 3. The summed E-state index contributed by atoms with van der Waals surface area (Å²) in [6.45, 7) is 2.13. The third-order valence-corrected chi connectivity index (χ3v) is 5.82. The standard InChI is InChI=1S/C20H22FN5OS.2ClH/c1-25-8-7-23-20(25)17-12-22-6-9-26(17)19(27)11-16-13-28-18(24-16)10-14-2-4-15(21)5-3-14;;/h2-5,7-8,13,17,22H,6,9-12H2,1H3;2*1H. The van der Waals surface area contributed by atoms with E-state index in [0.29, 0.717) is 19.5 Å². The van der Waals surface area contributed by atoms with Crippen molar-refractivity contribution in [1.29, 1.82) is 0 Å². The Hall–Kier alpha value is -2.00. The minimum atomic E-state index is -0.243. The van der Waals surface area contributed by atoms with Gasteiger partial charge >= 0.3 is 0 Å². The number of carbonyl (C=O) groups is 1. The summed E-state index contributed by atoms with van der Waals surface area (Å²) >= 11 is 1.53. The van der Waals surface area contributed by atoms with Gasteiger partial charge in [0.05, 0.1) is 17.1 Å². The highest BCUT2D eigenvalue weighted by Crippen LogP contribution is 2.22. The number of carbonyl (C=O) groups excluding carboxylic acids is 1. The van der Waals surface area contributed by atoms with Crippen LogP contribution in [0.4, 0.5) is 4.39 Å². The van der Waals surface area contributed by atoms with E-state index in [1.54, 1.807) is 18.3 Å². The Kier molecular flexibility index (Phi) is 8.78. The predicted molar refractivity (Wildman–Crippen MR) is 120 cm³/mol. The molecule has 1 unspecified atom stereocenters. The molecule has 2 aromatic heterocycles. The molecule has 1 aliphatic heterocycles. The van der Waals surface area contributed by atoms with Gasteiger partial charge in [-0.15, -0.1) is 36.2 Å². The topological polar surface area (TPSA) is 63.1 Å². The van der Waals surface area contributed by atoms with E-state index in [2.05, 4.69) is 15.3 Å². The van der Waals surface area contributed by atoms with Crippen molar-refractivity contribution in [2.75, 3.05) is 19.6 Å². The van der Waals surface area contributed by atoms with E-state index in [0.717, 1.165) is 28.6 Å². The van der Waals surface area contributed by atoms with Crippen molar-refractivity contribution < 1.29 is 9.18 Å². The molecule has 1 atom stereocenters. The van der Waals surface area contributed by atoms with Crippen LogP contribution >= 0.6 is 36.2 Å². The van der Waals surface area contributed by atoms with E-state index in [1.807, 2.05) is 28.1 Å². The lowest BCUT2D eigenvalue weighted by Crippen LogP contribution is -2.49. The van der Waals surface area contributed by atoms with Gasteiger partial charge in [-0.1, -0.05) is 12.1 Å². The summed E-state index contributed by atoms with van der Waals surface area (Å²) in [7, 11) is 1.95. The Balaban J connectivity index is 0.00000160. The summed E-state index contributed by atoms with van der Waals surface area (Å²) < 4.78 is 15.0. The number of aryl methyl sites for hydroxylation is 1. The maximum atomic E-state index is 13.0. The average Bonchev–Trinajstić information content (AvgIpc) is 3.32. The Morgan fingerprint density at radius 1 is 1.30 bits per heavy atom. The highest BCUT2D eigenvalue weighted by molar-refractivity contribution is 7.09. The van der Waals surface area contributed by atoms with Crippen LogP contribution in [-0.2, 0) is 24.7 Å². The van der Waals surface area contributed by atoms with Crippen molar-refractivity contribution in [2.45, 2.75) is 18.9 Å². The van der Waals surface area contributed by atoms with Crippen LogP contribution in [0.1, 0.15) is 28.1 Å². The second-order valence-corrected chi connectivity index (χ2v) is 7.86. The number of imidazole rings is 1. The molecule has 3 heterocycles. The quantitative estimate of drug-likeness (QED) is 0.620. The Morgan fingerprint density at radius 2 is 2.07 bits per heavy atom. The van der Waals surface area contributed by atoms with Crippen LogP contribution in [0.2, 0.25) is 0 Å². The van der Waals surface area contributed by atoms with Crippen LogP contribution in [0, 0.1) is 5.82 Å². The second kappa shape index (κ2) is 10.9. The molecule has 1 N–H and O–H groups in total. The molecule has 3 aromatic rings. The zero-order valence-electron chi connectivity index (χ0n) is 16.5. The van der Waals surface area contributed by atoms with Crippen molar-refractivity contribution >= 4 is 42.1 Å². The Morgan fingerprint density at radius 3 is 2.77 bits per heavy atom. The first-order valence-corrected chi connectivity index (χ1v) is 10.1. The summed E-state index contributed by atoms with van der Waals surface area (Å²) in [5.74, 6) is 0.705. The Bertz CT molecular complexity index is 962. The number of benzene rings is 1. The first-order valence-electron chi connectivity index (χ1n) is 9.25. The maximum absolute atomic E-state index is 13.0. The van der Waals surface area contributed by atoms with Gasteiger partial charge in [0.15, 0.2) is 0 Å². The van der Waals surface area contributed by atoms with Gasteiger partial charge in [-0.25, -0.2) is 14.4 Å². The summed E-state index contributed by atoms with van der Waals surface area (Å²) in [6.07, 6.45) is 4.58. The van der Waals surface area contributed by atoms with Crippen LogP contribution in [0.25, 0.3) is 0 Å². The molecule has 1 aromatic carbocycles. The van der Waals surface area contributed by atoms with Gasteiger partial charge in [0.25, 0.3) is 0 Å². The number of hydrogen-bond donors (Lipinski definition) is 1. The van der Waals surface area contributed by atoms with Crippen molar-refractivity contribution in [3.05, 3.63) is 69.9 Å². The summed E-state index contributed by atoms with van der Waals surface area (Å²) in [5, 5.41) is 6.21. The molecule has 30 heavy (non-hydrogen) atoms. The van der Waals surface area contributed by atoms with Crippen molar-refractivity contribution in [1.82, 2.24) is 24.8 Å². The molecule has 1 amide bonds. The molecule has 10 heteroatoms. The number of nitrogens with zero attached hydrogens (tertiary/aromatic N) is 4. The number of thiazole rings is 1. The van der Waals surface area contributed by atoms with Crippen molar-refractivity contribution in [3.8, 4) is 0 Å². The maximum Gasteiger partial charge on any atom is 0.229 e. The number of rotatable bonds is 5. The summed E-state index contributed by atoms with van der Waals surface area (Å²) in [6, 6.07) is 6.36. The minimum absolute atomic E-state index is 0. The normalized spacial score (nSPS) is 15.9. The first-order chi connectivity index (χ1) is 13.6. The van der Waals surface area contributed by atoms with E-state index in [9.17, 15) is 9.18 Å². The molecule has 4 rings (SSSR count). The zero-order valence-corrected chi connectivity index (χ0v) is 18.9. The van der Waals surface area contributed by atoms with Crippen LogP contribution in [-0.4, -0.2) is 45.0 Å². The molecule has 0 radical (unpaired) electrons. The number of amides is 1. The molecule has 0 saturated carbocycles. The number of nitrogens with one attached hydrogen (secondary N) is 1. The lowest BCUT2D eigenvalue weighted by Gasteiger charge is -2.35. The van der Waals surface area contributed by atoms with Crippen molar-refractivity contribution in [2.24, 2.45) is 7.05 Å². The Labute approximate surface area is 191 Å². The molecule has 1 fully saturated rings. The van der Waals surface area contributed by atoms with Crippen LogP contribution in [0.15, 0.2) is 42.0 Å². The van der Waals surface area contributed by atoms with E-state index in [-0.39, 0.29) is 49.0 Å². The third kappa shape index (κ3) is 5.57. The molecular weight excluding hydrogens is 448 g/mol. The largest absolute Gasteiger partial charge is 0.336 e. The molecule has 0 spiro atoms. The molecule has 6 nitrogen and oxygen atoms in total. The van der Waals surface area contributed by atoms with E-state index < -0.39 is 0 Å². The first kappa shape index (κ1) is 24.3. The fraction of sp³-hybridized carbons (Fsp3) is 0.350. The highest BCUT2D eigenvalue weighted by Gasteiger charge is 2.30. The van der Waals surface area contributed by atoms with E-state index in [4.69, 9.17) is 0 Å². The minimum Gasteiger partial charge on any atom is -0.336 e. The lowest BCUT2D eigenvalue weighted by atomic mass is 10.1. The lowest BCUT2D eigenvalue weighted by molar-refractivity contribution is -0.134. The number of hydrogen-bond acceptors (Lipinski definition) is 5. The molecule has 0 bridgehead atoms. The van der Waals surface area contributed by atoms with Crippen LogP contribution in [0.3, 0.4) is 0 Å². The van der Waals surface area contributed by atoms with Crippen molar-refractivity contribution in [3.63, 3.8) is 0 Å².